The molecule has 0 spiro atoms. The molecule has 1 aliphatic carbocycles. The van der Waals surface area contributed by atoms with Gasteiger partial charge < -0.3 is 15.4 Å². The van der Waals surface area contributed by atoms with Crippen molar-refractivity contribution in [3.63, 3.8) is 0 Å². The lowest BCUT2D eigenvalue weighted by molar-refractivity contribution is 0.0601. The Morgan fingerprint density at radius 2 is 1.91 bits per heavy atom. The molecule has 0 aliphatic heterocycles. The van der Waals surface area contributed by atoms with Crippen LogP contribution in [-0.2, 0) is 24.1 Å². The summed E-state index contributed by atoms with van der Waals surface area (Å²) >= 11 is 13.1. The van der Waals surface area contributed by atoms with E-state index in [1.54, 1.807) is 11.3 Å². The number of carbonyl (C=O) groups is 1. The fourth-order valence-corrected chi connectivity index (χ4v) is 5.75. The van der Waals surface area contributed by atoms with Gasteiger partial charge in [0.25, 0.3) is 0 Å². The summed E-state index contributed by atoms with van der Waals surface area (Å²) in [6, 6.07) is 9.66. The predicted molar refractivity (Wildman–Crippen MR) is 139 cm³/mol. The number of ether oxygens (including phenoxy) is 1. The molecule has 2 aromatic heterocycles. The molecule has 1 aromatic carbocycles. The summed E-state index contributed by atoms with van der Waals surface area (Å²) in [6.07, 6.45) is 6.52. The molecule has 33 heavy (non-hydrogen) atoms. The first-order valence-electron chi connectivity index (χ1n) is 11.0. The van der Waals surface area contributed by atoms with Crippen LogP contribution in [-0.4, -0.2) is 28.0 Å². The fourth-order valence-electron chi connectivity index (χ4n) is 4.07. The van der Waals surface area contributed by atoms with Crippen molar-refractivity contribution in [1.82, 2.24) is 9.78 Å². The number of hydrogen-bond donors (Lipinski definition) is 2. The number of aromatic nitrogens is 2. The number of benzene rings is 1. The van der Waals surface area contributed by atoms with Crippen molar-refractivity contribution in [2.24, 2.45) is 0 Å². The molecule has 0 fully saturated rings. The van der Waals surface area contributed by atoms with Crippen molar-refractivity contribution in [3.05, 3.63) is 62.6 Å². The summed E-state index contributed by atoms with van der Waals surface area (Å²) in [5.41, 5.74) is 3.84. The number of aryl methyl sites for hydroxylation is 2. The van der Waals surface area contributed by atoms with Gasteiger partial charge >= 0.3 is 5.97 Å². The zero-order valence-corrected chi connectivity index (χ0v) is 21.1. The first-order valence-corrected chi connectivity index (χ1v) is 12.6. The Labute approximate surface area is 208 Å². The van der Waals surface area contributed by atoms with Crippen LogP contribution in [0.1, 0.15) is 57.7 Å². The number of thiocarbonyl (C=S) groups is 1. The largest absolute Gasteiger partial charge is 0.465 e. The van der Waals surface area contributed by atoms with E-state index in [2.05, 4.69) is 15.7 Å². The molecule has 4 rings (SSSR count). The average molecular weight is 503 g/mol. The van der Waals surface area contributed by atoms with Crippen LogP contribution < -0.4 is 10.6 Å². The second kappa shape index (κ2) is 10.7. The van der Waals surface area contributed by atoms with Crippen molar-refractivity contribution < 1.29 is 9.53 Å². The first kappa shape index (κ1) is 23.7. The number of methoxy groups -OCH3 is 1. The smallest absolute Gasteiger partial charge is 0.341 e. The van der Waals surface area contributed by atoms with E-state index >= 15 is 0 Å². The van der Waals surface area contributed by atoms with Crippen molar-refractivity contribution >= 4 is 57.1 Å². The molecule has 0 saturated carbocycles. The number of anilines is 2. The van der Waals surface area contributed by atoms with Crippen molar-refractivity contribution in [2.75, 3.05) is 17.7 Å². The third kappa shape index (κ3) is 5.75. The van der Waals surface area contributed by atoms with Crippen LogP contribution in [0.5, 0.6) is 0 Å². The van der Waals surface area contributed by atoms with Crippen molar-refractivity contribution in [2.45, 2.75) is 52.0 Å². The van der Waals surface area contributed by atoms with E-state index in [-0.39, 0.29) is 5.97 Å². The third-order valence-electron chi connectivity index (χ3n) is 5.76. The lowest BCUT2D eigenvalue weighted by Gasteiger charge is -2.11. The van der Waals surface area contributed by atoms with Gasteiger partial charge in [-0.2, -0.15) is 5.10 Å². The molecule has 0 amide bonds. The number of esters is 1. The minimum atomic E-state index is -0.318. The molecule has 0 radical (unpaired) electrons. The molecule has 9 heteroatoms. The highest BCUT2D eigenvalue weighted by atomic mass is 35.5. The molecule has 3 aromatic rings. The fraction of sp³-hybridized carbons (Fsp3) is 0.375. The summed E-state index contributed by atoms with van der Waals surface area (Å²) < 4.78 is 7.00. The monoisotopic (exact) mass is 502 g/mol. The summed E-state index contributed by atoms with van der Waals surface area (Å²) in [5.74, 6) is 0.329. The lowest BCUT2D eigenvalue weighted by Crippen LogP contribution is -2.20. The van der Waals surface area contributed by atoms with Gasteiger partial charge in [-0.1, -0.05) is 36.6 Å². The highest BCUT2D eigenvalue weighted by Gasteiger charge is 2.25. The number of fused-ring (bicyclic) bond motifs is 1. The Bertz CT molecular complexity index is 1150. The normalized spacial score (nSPS) is 13.5. The summed E-state index contributed by atoms with van der Waals surface area (Å²) in [6.45, 7) is 2.63. The maximum Gasteiger partial charge on any atom is 0.341 e. The van der Waals surface area contributed by atoms with E-state index in [0.717, 1.165) is 47.5 Å². The predicted octanol–water partition coefficient (Wildman–Crippen LogP) is 6.21. The Morgan fingerprint density at radius 3 is 2.64 bits per heavy atom. The van der Waals surface area contributed by atoms with Crippen LogP contribution in [0.25, 0.3) is 0 Å². The lowest BCUT2D eigenvalue weighted by atomic mass is 9.96. The molecule has 1 aliphatic rings. The van der Waals surface area contributed by atoms with E-state index < -0.39 is 0 Å². The van der Waals surface area contributed by atoms with Gasteiger partial charge in [0.15, 0.2) is 10.9 Å². The molecule has 174 valence electrons. The van der Waals surface area contributed by atoms with Gasteiger partial charge in [0.05, 0.1) is 19.2 Å². The van der Waals surface area contributed by atoms with Crippen LogP contribution in [0.2, 0.25) is 5.02 Å². The SMILES string of the molecule is COC(=O)c1c(NC(=S)Nc2cc(C)n(Cc3ccc(Cl)cc3)n2)sc2c1CCCCCC2. The molecule has 2 heterocycles. The Kier molecular flexibility index (Phi) is 7.67. The maximum absolute atomic E-state index is 12.6. The number of rotatable bonds is 5. The quantitative estimate of drug-likeness (QED) is 0.319. The molecule has 0 bridgehead atoms. The highest BCUT2D eigenvalue weighted by molar-refractivity contribution is 7.80. The van der Waals surface area contributed by atoms with Crippen LogP contribution in [0.15, 0.2) is 30.3 Å². The highest BCUT2D eigenvalue weighted by Crippen LogP contribution is 2.37. The number of nitrogens with one attached hydrogen (secondary N) is 2. The maximum atomic E-state index is 12.6. The number of thiophene rings is 1. The Balaban J connectivity index is 1.49. The molecule has 0 atom stereocenters. The summed E-state index contributed by atoms with van der Waals surface area (Å²) in [4.78, 5) is 13.9. The molecular formula is C24H27ClN4O2S2. The zero-order chi connectivity index (χ0) is 23.4. The number of hydrogen-bond acceptors (Lipinski definition) is 5. The van der Waals surface area contributed by atoms with Crippen molar-refractivity contribution in [1.29, 1.82) is 0 Å². The molecule has 0 unspecified atom stereocenters. The van der Waals surface area contributed by atoms with Crippen LogP contribution >= 0.6 is 35.2 Å². The van der Waals surface area contributed by atoms with Gasteiger partial charge in [-0.25, -0.2) is 4.79 Å². The van der Waals surface area contributed by atoms with Gasteiger partial charge in [-0.3, -0.25) is 4.68 Å². The average Bonchev–Trinajstić information content (AvgIpc) is 3.27. The van der Waals surface area contributed by atoms with Crippen molar-refractivity contribution in [3.8, 4) is 0 Å². The first-order chi connectivity index (χ1) is 15.9. The van der Waals surface area contributed by atoms with Gasteiger partial charge in [-0.05, 0) is 68.1 Å². The topological polar surface area (TPSA) is 68.2 Å². The van der Waals surface area contributed by atoms with E-state index in [4.69, 9.17) is 28.6 Å². The minimum Gasteiger partial charge on any atom is -0.465 e. The Hall–Kier alpha value is -2.42. The second-order valence-electron chi connectivity index (χ2n) is 8.15. The molecular weight excluding hydrogens is 476 g/mol. The van der Waals surface area contributed by atoms with E-state index in [1.807, 2.05) is 41.9 Å². The summed E-state index contributed by atoms with van der Waals surface area (Å²) in [5, 5.41) is 12.9. The number of halogens is 1. The van der Waals surface area contributed by atoms with Gasteiger partial charge in [-0.15, -0.1) is 11.3 Å². The minimum absolute atomic E-state index is 0.318. The zero-order valence-electron chi connectivity index (χ0n) is 18.7. The van der Waals surface area contributed by atoms with Gasteiger partial charge in [0, 0.05) is 21.7 Å². The van der Waals surface area contributed by atoms with Gasteiger partial charge in [0.1, 0.15) is 5.00 Å². The second-order valence-corrected chi connectivity index (χ2v) is 10.1. The molecule has 2 N–H and O–H groups in total. The van der Waals surface area contributed by atoms with E-state index in [9.17, 15) is 4.79 Å². The standard InChI is InChI=1S/C24H27ClN4O2S2/c1-15-13-20(28-29(15)14-16-9-11-17(25)12-10-16)26-24(32)27-22-21(23(30)31-2)18-7-5-3-4-6-8-19(18)33-22/h9-13H,3-8,14H2,1-2H3,(H2,26,27,28,32). The van der Waals surface area contributed by atoms with Crippen LogP contribution in [0, 0.1) is 6.92 Å². The van der Waals surface area contributed by atoms with Gasteiger partial charge in [0.2, 0.25) is 0 Å². The number of carbonyl (C=O) groups excluding carboxylic acids is 1. The van der Waals surface area contributed by atoms with E-state index in [0.29, 0.717) is 28.1 Å². The molecule has 6 nitrogen and oxygen atoms in total. The van der Waals surface area contributed by atoms with E-state index in [1.165, 1.54) is 24.8 Å². The number of nitrogens with zero attached hydrogens (tertiary/aromatic N) is 2. The third-order valence-corrected chi connectivity index (χ3v) is 7.42. The Morgan fingerprint density at radius 1 is 1.18 bits per heavy atom. The van der Waals surface area contributed by atoms with Crippen LogP contribution in [0.4, 0.5) is 10.8 Å². The summed E-state index contributed by atoms with van der Waals surface area (Å²) in [7, 11) is 1.42. The molecule has 0 saturated heterocycles. The van der Waals surface area contributed by atoms with Crippen LogP contribution in [0.3, 0.4) is 0 Å².